The van der Waals surface area contributed by atoms with Gasteiger partial charge in [-0.25, -0.2) is 4.98 Å². The van der Waals surface area contributed by atoms with E-state index in [1.807, 2.05) is 38.1 Å². The molecule has 4 nitrogen and oxygen atoms in total. The molecule has 1 unspecified atom stereocenters. The summed E-state index contributed by atoms with van der Waals surface area (Å²) in [6, 6.07) is 7.51. The van der Waals surface area contributed by atoms with E-state index in [4.69, 9.17) is 0 Å². The number of carboxylic acids is 1. The molecule has 1 atom stereocenters. The normalized spacial score (nSPS) is 14.4. The van der Waals surface area contributed by atoms with E-state index in [0.717, 1.165) is 10.2 Å². The molecule has 1 aromatic carbocycles. The lowest BCUT2D eigenvalue weighted by Gasteiger charge is -2.30. The number of thiol groups is 1. The van der Waals surface area contributed by atoms with Crippen LogP contribution in [0.1, 0.15) is 25.3 Å². The molecule has 1 aromatic heterocycles. The molecule has 0 aliphatic rings. The molecular weight excluding hydrogens is 294 g/mol. The highest BCUT2D eigenvalue weighted by atomic mass is 32.1. The van der Waals surface area contributed by atoms with Crippen LogP contribution < -0.4 is 0 Å². The SMILES string of the molecule is CC(C)C(CC(=O)O)(C(=O)S)c1nc2ccccc2s1. The van der Waals surface area contributed by atoms with Gasteiger partial charge >= 0.3 is 5.97 Å². The van der Waals surface area contributed by atoms with E-state index in [-0.39, 0.29) is 12.3 Å². The maximum absolute atomic E-state index is 12.1. The number of carboxylic acid groups (broad SMARTS) is 1. The van der Waals surface area contributed by atoms with Gasteiger partial charge in [-0.2, -0.15) is 0 Å². The zero-order valence-electron chi connectivity index (χ0n) is 11.2. The minimum Gasteiger partial charge on any atom is -0.481 e. The van der Waals surface area contributed by atoms with E-state index in [0.29, 0.717) is 5.01 Å². The van der Waals surface area contributed by atoms with Gasteiger partial charge in [-0.1, -0.05) is 26.0 Å². The smallest absolute Gasteiger partial charge is 0.304 e. The van der Waals surface area contributed by atoms with Crippen molar-refractivity contribution in [2.45, 2.75) is 25.7 Å². The van der Waals surface area contributed by atoms with Crippen molar-refractivity contribution in [3.05, 3.63) is 29.3 Å². The lowest BCUT2D eigenvalue weighted by Crippen LogP contribution is -2.40. The predicted octanol–water partition coefficient (Wildman–Crippen LogP) is 3.12. The standard InChI is InChI=1S/C14H15NO3S2/c1-8(2)14(13(18)19,7-11(16)17)12-15-9-5-3-4-6-10(9)20-12/h3-6,8H,7H2,1-2H3,(H,16,17)(H,18,19). The first kappa shape index (κ1) is 15.0. The van der Waals surface area contributed by atoms with Crippen molar-refractivity contribution < 1.29 is 14.7 Å². The topological polar surface area (TPSA) is 67.3 Å². The van der Waals surface area contributed by atoms with E-state index in [2.05, 4.69) is 17.6 Å². The zero-order chi connectivity index (χ0) is 14.9. The Morgan fingerprint density at radius 1 is 1.40 bits per heavy atom. The van der Waals surface area contributed by atoms with Crippen molar-refractivity contribution in [3.63, 3.8) is 0 Å². The maximum Gasteiger partial charge on any atom is 0.304 e. The van der Waals surface area contributed by atoms with Gasteiger partial charge in [-0.05, 0) is 18.1 Å². The van der Waals surface area contributed by atoms with E-state index in [1.165, 1.54) is 11.3 Å². The number of nitrogens with zero attached hydrogens (tertiary/aromatic N) is 1. The molecular formula is C14H15NO3S2. The predicted molar refractivity (Wildman–Crippen MR) is 82.4 cm³/mol. The fourth-order valence-corrected chi connectivity index (χ4v) is 4.06. The van der Waals surface area contributed by atoms with E-state index >= 15 is 0 Å². The minimum absolute atomic E-state index is 0.204. The monoisotopic (exact) mass is 309 g/mol. The number of rotatable bonds is 5. The zero-order valence-corrected chi connectivity index (χ0v) is 12.9. The second-order valence-electron chi connectivity index (χ2n) is 4.99. The van der Waals surface area contributed by atoms with Crippen molar-refractivity contribution in [3.8, 4) is 0 Å². The molecule has 106 valence electrons. The molecule has 0 aliphatic carbocycles. The number of aliphatic carboxylic acids is 1. The second kappa shape index (κ2) is 5.54. The maximum atomic E-state index is 12.1. The van der Waals surface area contributed by atoms with Gasteiger partial charge < -0.3 is 5.11 Å². The number of benzene rings is 1. The molecule has 0 saturated carbocycles. The van der Waals surface area contributed by atoms with Crippen LogP contribution in [0.5, 0.6) is 0 Å². The quantitative estimate of drug-likeness (QED) is 0.833. The van der Waals surface area contributed by atoms with Crippen LogP contribution in [-0.2, 0) is 15.0 Å². The number of hydrogen-bond acceptors (Lipinski definition) is 4. The van der Waals surface area contributed by atoms with Crippen LogP contribution in [0.25, 0.3) is 10.2 Å². The molecule has 1 heterocycles. The molecule has 6 heteroatoms. The van der Waals surface area contributed by atoms with Gasteiger partial charge in [-0.15, -0.1) is 24.0 Å². The summed E-state index contributed by atoms with van der Waals surface area (Å²) >= 11 is 5.31. The Morgan fingerprint density at radius 2 is 2.05 bits per heavy atom. The largest absolute Gasteiger partial charge is 0.481 e. The fraction of sp³-hybridized carbons (Fsp3) is 0.357. The molecule has 0 aliphatic heterocycles. The number of thiazole rings is 1. The summed E-state index contributed by atoms with van der Waals surface area (Å²) in [4.78, 5) is 27.8. The Kier molecular flexibility index (Phi) is 4.15. The summed E-state index contributed by atoms with van der Waals surface area (Å²) in [7, 11) is 0. The third-order valence-electron chi connectivity index (χ3n) is 3.47. The fourth-order valence-electron chi connectivity index (χ4n) is 2.24. The van der Waals surface area contributed by atoms with Gasteiger partial charge in [0.25, 0.3) is 0 Å². The lowest BCUT2D eigenvalue weighted by atomic mass is 9.76. The molecule has 2 aromatic rings. The van der Waals surface area contributed by atoms with Gasteiger partial charge in [0.15, 0.2) is 5.12 Å². The van der Waals surface area contributed by atoms with Crippen LogP contribution in [-0.4, -0.2) is 21.2 Å². The van der Waals surface area contributed by atoms with Gasteiger partial charge in [0, 0.05) is 0 Å². The third-order valence-corrected chi connectivity index (χ3v) is 5.09. The van der Waals surface area contributed by atoms with Gasteiger partial charge in [0.1, 0.15) is 10.4 Å². The van der Waals surface area contributed by atoms with Gasteiger partial charge in [0.05, 0.1) is 16.6 Å². The molecule has 0 spiro atoms. The Labute approximate surface area is 126 Å². The number of carbonyl (C=O) groups excluding carboxylic acids is 1. The number of carbonyl (C=O) groups is 2. The number of aromatic nitrogens is 1. The first-order valence-corrected chi connectivity index (χ1v) is 7.45. The molecule has 1 N–H and O–H groups in total. The molecule has 20 heavy (non-hydrogen) atoms. The van der Waals surface area contributed by atoms with Gasteiger partial charge in [-0.3, -0.25) is 9.59 Å². The number of hydrogen-bond donors (Lipinski definition) is 2. The number of para-hydroxylation sites is 1. The Balaban J connectivity index is 2.66. The summed E-state index contributed by atoms with van der Waals surface area (Å²) in [5.41, 5.74) is -0.406. The molecule has 0 amide bonds. The van der Waals surface area contributed by atoms with Crippen LogP contribution in [0.2, 0.25) is 0 Å². The first-order chi connectivity index (χ1) is 9.37. The number of fused-ring (bicyclic) bond motifs is 1. The van der Waals surface area contributed by atoms with Crippen molar-refractivity contribution >= 4 is 45.3 Å². The Hall–Kier alpha value is -1.40. The molecule has 0 radical (unpaired) electrons. The summed E-state index contributed by atoms with van der Waals surface area (Å²) in [5.74, 6) is -1.23. The van der Waals surface area contributed by atoms with Crippen LogP contribution >= 0.6 is 24.0 Å². The molecule has 0 bridgehead atoms. The highest BCUT2D eigenvalue weighted by Crippen LogP contribution is 2.41. The molecule has 2 rings (SSSR count). The first-order valence-electron chi connectivity index (χ1n) is 6.19. The van der Waals surface area contributed by atoms with Crippen molar-refractivity contribution in [1.29, 1.82) is 0 Å². The molecule has 0 fully saturated rings. The Morgan fingerprint density at radius 3 is 2.55 bits per heavy atom. The lowest BCUT2D eigenvalue weighted by molar-refractivity contribution is -0.141. The van der Waals surface area contributed by atoms with Crippen molar-refractivity contribution in [2.24, 2.45) is 5.92 Å². The summed E-state index contributed by atoms with van der Waals surface area (Å²) < 4.78 is 0.937. The van der Waals surface area contributed by atoms with Crippen LogP contribution in [0.15, 0.2) is 24.3 Å². The van der Waals surface area contributed by atoms with E-state index in [9.17, 15) is 14.7 Å². The van der Waals surface area contributed by atoms with Crippen LogP contribution in [0.4, 0.5) is 0 Å². The summed E-state index contributed by atoms with van der Waals surface area (Å²) in [6.45, 7) is 3.65. The highest BCUT2D eigenvalue weighted by molar-refractivity contribution is 7.96. The van der Waals surface area contributed by atoms with E-state index in [1.54, 1.807) is 0 Å². The summed E-state index contributed by atoms with van der Waals surface area (Å²) in [5, 5.41) is 9.25. The van der Waals surface area contributed by atoms with Crippen molar-refractivity contribution in [2.75, 3.05) is 0 Å². The van der Waals surface area contributed by atoms with E-state index < -0.39 is 16.5 Å². The van der Waals surface area contributed by atoms with Crippen molar-refractivity contribution in [1.82, 2.24) is 4.98 Å². The third kappa shape index (κ3) is 2.45. The average Bonchev–Trinajstić information content (AvgIpc) is 2.78. The average molecular weight is 309 g/mol. The summed E-state index contributed by atoms with van der Waals surface area (Å²) in [6.07, 6.45) is -0.299. The minimum atomic E-state index is -1.18. The second-order valence-corrected chi connectivity index (χ2v) is 6.43. The Bertz CT molecular complexity index is 632. The highest BCUT2D eigenvalue weighted by Gasteiger charge is 2.46. The van der Waals surface area contributed by atoms with Gasteiger partial charge in [0.2, 0.25) is 0 Å². The molecule has 0 saturated heterocycles. The van der Waals surface area contributed by atoms with Crippen LogP contribution in [0.3, 0.4) is 0 Å². The van der Waals surface area contributed by atoms with Crippen LogP contribution in [0, 0.1) is 5.92 Å².